The minimum Gasteiger partial charge on any atom is -0.464 e. The maximum atomic E-state index is 6.64. The molecule has 0 saturated heterocycles. The summed E-state index contributed by atoms with van der Waals surface area (Å²) in [7, 11) is 0. The van der Waals surface area contributed by atoms with Gasteiger partial charge in [0.15, 0.2) is 0 Å². The Morgan fingerprint density at radius 2 is 0.980 bits per heavy atom. The molecule has 8 aromatic carbocycles. The zero-order chi connectivity index (χ0) is 33.5. The van der Waals surface area contributed by atoms with E-state index in [1.807, 2.05) is 6.07 Å². The molecule has 3 aromatic heterocycles. The second-order valence-corrected chi connectivity index (χ2v) is 14.1. The zero-order valence-electron chi connectivity index (χ0n) is 27.4. The van der Waals surface area contributed by atoms with E-state index in [1.54, 1.807) is 17.6 Å². The second-order valence-electron chi connectivity index (χ2n) is 13.1. The van der Waals surface area contributed by atoms with Crippen molar-refractivity contribution in [3.63, 3.8) is 0 Å². The van der Waals surface area contributed by atoms with E-state index in [9.17, 15) is 0 Å². The maximum absolute atomic E-state index is 6.64. The monoisotopic (exact) mass is 668 g/mol. The number of fused-ring (bicyclic) bond motifs is 7. The van der Waals surface area contributed by atoms with Crippen LogP contribution in [-0.2, 0) is 0 Å². The molecule has 0 amide bonds. The summed E-state index contributed by atoms with van der Waals surface area (Å²) in [6.45, 7) is 0. The number of hydrogen-bond acceptors (Lipinski definition) is 3. The summed E-state index contributed by atoms with van der Waals surface area (Å²) in [5.74, 6) is 0.870. The minimum absolute atomic E-state index is 0.870. The Morgan fingerprint density at radius 1 is 0.392 bits per heavy atom. The lowest BCUT2D eigenvalue weighted by Gasteiger charge is -2.17. The summed E-state index contributed by atoms with van der Waals surface area (Å²) >= 11 is 1.80. The van der Waals surface area contributed by atoms with E-state index in [2.05, 4.69) is 157 Å². The van der Waals surface area contributed by atoms with E-state index in [-0.39, 0.29) is 0 Å². The Bertz CT molecular complexity index is 3010. The first-order chi connectivity index (χ1) is 25.3. The van der Waals surface area contributed by atoms with E-state index in [0.717, 1.165) is 49.6 Å². The topological polar surface area (TPSA) is 26.3 Å². The lowest BCUT2D eigenvalue weighted by Crippen LogP contribution is -1.91. The van der Waals surface area contributed by atoms with Gasteiger partial charge >= 0.3 is 0 Å². The van der Waals surface area contributed by atoms with Crippen molar-refractivity contribution in [1.29, 1.82) is 0 Å². The lowest BCUT2D eigenvalue weighted by molar-refractivity contribution is 0.583. The van der Waals surface area contributed by atoms with E-state index in [1.165, 1.54) is 59.4 Å². The van der Waals surface area contributed by atoms with Gasteiger partial charge in [-0.15, -0.1) is 11.3 Å². The van der Waals surface area contributed by atoms with E-state index >= 15 is 0 Å². The van der Waals surface area contributed by atoms with Crippen molar-refractivity contribution in [2.45, 2.75) is 0 Å². The van der Waals surface area contributed by atoms with E-state index in [4.69, 9.17) is 8.83 Å². The van der Waals surface area contributed by atoms with Crippen molar-refractivity contribution in [3.05, 3.63) is 169 Å². The molecule has 0 fully saturated rings. The van der Waals surface area contributed by atoms with E-state index < -0.39 is 0 Å². The summed E-state index contributed by atoms with van der Waals surface area (Å²) in [5.41, 5.74) is 8.95. The lowest BCUT2D eigenvalue weighted by atomic mass is 9.85. The Balaban J connectivity index is 1.24. The molecule has 0 unspecified atom stereocenters. The highest BCUT2D eigenvalue weighted by Gasteiger charge is 2.22. The van der Waals surface area contributed by atoms with Gasteiger partial charge in [-0.3, -0.25) is 0 Å². The molecule has 3 heteroatoms. The fourth-order valence-corrected chi connectivity index (χ4v) is 9.22. The van der Waals surface area contributed by atoms with Crippen molar-refractivity contribution in [2.24, 2.45) is 0 Å². The zero-order valence-corrected chi connectivity index (χ0v) is 28.2. The molecule has 51 heavy (non-hydrogen) atoms. The van der Waals surface area contributed by atoms with Crippen LogP contribution in [0.25, 0.3) is 109 Å². The minimum atomic E-state index is 0.870. The largest absolute Gasteiger partial charge is 0.464 e. The highest BCUT2D eigenvalue weighted by molar-refractivity contribution is 7.13. The van der Waals surface area contributed by atoms with Crippen LogP contribution in [0.5, 0.6) is 0 Å². The van der Waals surface area contributed by atoms with Gasteiger partial charge in [-0.05, 0) is 107 Å². The third kappa shape index (κ3) is 4.16. The van der Waals surface area contributed by atoms with Gasteiger partial charge in [0.25, 0.3) is 0 Å². The Hall–Kier alpha value is -6.42. The first kappa shape index (κ1) is 28.4. The molecule has 0 aliphatic carbocycles. The molecule has 0 saturated carbocycles. The quantitative estimate of drug-likeness (QED) is 0.175. The first-order valence-electron chi connectivity index (χ1n) is 17.2. The molecule has 11 rings (SSSR count). The SMILES string of the molecule is c1coc(-c2c3ccccc3c(-c3cccc4oc5ccc(-c6c7ccccc7c(-c7cccs7)c7ccccc67)cc5c34)c3ccccc23)c1. The summed E-state index contributed by atoms with van der Waals surface area (Å²) in [5, 5.41) is 14.1. The molecule has 3 heterocycles. The molecule has 11 aromatic rings. The van der Waals surface area contributed by atoms with Crippen LogP contribution in [-0.4, -0.2) is 0 Å². The number of benzene rings is 8. The third-order valence-electron chi connectivity index (χ3n) is 10.5. The third-order valence-corrected chi connectivity index (χ3v) is 11.3. The molecule has 0 aliphatic heterocycles. The molecule has 238 valence electrons. The molecular weight excluding hydrogens is 641 g/mol. The van der Waals surface area contributed by atoms with Crippen LogP contribution >= 0.6 is 11.3 Å². The van der Waals surface area contributed by atoms with Gasteiger partial charge in [-0.1, -0.05) is 121 Å². The van der Waals surface area contributed by atoms with Gasteiger partial charge in [0.05, 0.1) is 6.26 Å². The number of hydrogen-bond donors (Lipinski definition) is 0. The number of rotatable bonds is 4. The predicted octanol–water partition coefficient (Wildman–Crippen LogP) is 14.5. The summed E-state index contributed by atoms with van der Waals surface area (Å²) in [6.07, 6.45) is 1.75. The summed E-state index contributed by atoms with van der Waals surface area (Å²) < 4.78 is 12.7. The Morgan fingerprint density at radius 3 is 1.55 bits per heavy atom. The van der Waals surface area contributed by atoms with Gasteiger partial charge in [-0.25, -0.2) is 0 Å². The second kappa shape index (κ2) is 11.0. The highest BCUT2D eigenvalue weighted by atomic mass is 32.1. The van der Waals surface area contributed by atoms with Crippen molar-refractivity contribution >= 4 is 76.4 Å². The summed E-state index contributed by atoms with van der Waals surface area (Å²) in [6, 6.07) is 56.7. The molecule has 0 bridgehead atoms. The molecule has 2 nitrogen and oxygen atoms in total. The van der Waals surface area contributed by atoms with Gasteiger partial charge < -0.3 is 8.83 Å². The van der Waals surface area contributed by atoms with Gasteiger partial charge in [-0.2, -0.15) is 0 Å². The van der Waals surface area contributed by atoms with Crippen LogP contribution in [0.4, 0.5) is 0 Å². The van der Waals surface area contributed by atoms with Crippen molar-refractivity contribution in [2.75, 3.05) is 0 Å². The fourth-order valence-electron chi connectivity index (χ4n) is 8.42. The van der Waals surface area contributed by atoms with Crippen LogP contribution < -0.4 is 0 Å². The molecule has 0 spiro atoms. The van der Waals surface area contributed by atoms with Crippen LogP contribution in [0.15, 0.2) is 178 Å². The summed E-state index contributed by atoms with van der Waals surface area (Å²) in [4.78, 5) is 1.28. The van der Waals surface area contributed by atoms with Crippen LogP contribution in [0.2, 0.25) is 0 Å². The van der Waals surface area contributed by atoms with Crippen molar-refractivity contribution in [3.8, 4) is 44.0 Å². The standard InChI is InChI=1S/C48H28O2S/c1-7-18-36-30(12-1)44(31-13-2-8-19-37(31)48(36)43-23-11-27-51-43)29-24-25-40-39(28-29)47-38(20-9-21-42(47)50-40)45-32-14-3-5-16-34(32)46(41-22-10-26-49-41)35-17-6-4-15-33(35)45/h1-28H. The highest BCUT2D eigenvalue weighted by Crippen LogP contribution is 2.49. The molecule has 0 radical (unpaired) electrons. The fraction of sp³-hybridized carbons (Fsp3) is 0. The van der Waals surface area contributed by atoms with Crippen molar-refractivity contribution in [1.82, 2.24) is 0 Å². The van der Waals surface area contributed by atoms with Crippen LogP contribution in [0, 0.1) is 0 Å². The average Bonchev–Trinajstić information content (AvgIpc) is 3.98. The first-order valence-corrected chi connectivity index (χ1v) is 18.1. The average molecular weight is 669 g/mol. The van der Waals surface area contributed by atoms with E-state index in [0.29, 0.717) is 0 Å². The van der Waals surface area contributed by atoms with Gasteiger partial charge in [0, 0.05) is 26.8 Å². The number of thiophene rings is 1. The van der Waals surface area contributed by atoms with Crippen LogP contribution in [0.1, 0.15) is 0 Å². The normalized spacial score (nSPS) is 11.9. The molecular formula is C48H28O2S. The molecule has 0 atom stereocenters. The molecule has 0 aliphatic rings. The number of furan rings is 2. The predicted molar refractivity (Wildman–Crippen MR) is 216 cm³/mol. The van der Waals surface area contributed by atoms with Crippen LogP contribution in [0.3, 0.4) is 0 Å². The van der Waals surface area contributed by atoms with Gasteiger partial charge in [0.2, 0.25) is 0 Å². The maximum Gasteiger partial charge on any atom is 0.136 e. The van der Waals surface area contributed by atoms with Crippen molar-refractivity contribution < 1.29 is 8.83 Å². The smallest absolute Gasteiger partial charge is 0.136 e. The van der Waals surface area contributed by atoms with Gasteiger partial charge in [0.1, 0.15) is 16.9 Å². The Labute approximate surface area is 297 Å². The Kier molecular flexibility index (Phi) is 6.16. The molecule has 0 N–H and O–H groups in total.